The highest BCUT2D eigenvalue weighted by Gasteiger charge is 2.20. The fraction of sp³-hybridized carbons (Fsp3) is 0.345. The Bertz CT molecular complexity index is 1220. The summed E-state index contributed by atoms with van der Waals surface area (Å²) >= 11 is 12.0. The molecule has 0 aliphatic heterocycles. The van der Waals surface area contributed by atoms with E-state index in [-0.39, 0.29) is 23.8 Å². The molecule has 3 aromatic carbocycles. The van der Waals surface area contributed by atoms with E-state index in [0.29, 0.717) is 47.1 Å². The van der Waals surface area contributed by atoms with Crippen molar-refractivity contribution in [3.8, 4) is 5.75 Å². The van der Waals surface area contributed by atoms with Gasteiger partial charge in [-0.2, -0.15) is 0 Å². The van der Waals surface area contributed by atoms with Gasteiger partial charge in [-0.15, -0.1) is 0 Å². The molecule has 0 saturated heterocycles. The van der Waals surface area contributed by atoms with Crippen LogP contribution in [-0.2, 0) is 30.8 Å². The number of hydrogen-bond donors (Lipinski definition) is 5. The number of hydrogen-bond acceptors (Lipinski definition) is 5. The minimum Gasteiger partial charge on any atom is -0.508 e. The van der Waals surface area contributed by atoms with Crippen LogP contribution < -0.4 is 10.6 Å². The molecule has 0 heterocycles. The first-order valence-electron chi connectivity index (χ1n) is 12.2. The standard InChI is InChI=1S/C29H34Cl2N2O4/c1-29(2,33-17-27(36)22-8-10-26(35)23(14-22)18-34)15-20-5-3-4-19(12-20)7-11-28(37)32-16-21-6-9-24(30)25(31)13-21/h3-6,8-10,12-14,27,33-36H,7,11,15-18H2,1-2H3,(H,32,37)/t27-/m0/s1. The fourth-order valence-corrected chi connectivity index (χ4v) is 4.42. The van der Waals surface area contributed by atoms with Crippen LogP contribution in [0.5, 0.6) is 5.75 Å². The molecule has 8 heteroatoms. The van der Waals surface area contributed by atoms with Crippen LogP contribution in [0.1, 0.15) is 54.2 Å². The summed E-state index contributed by atoms with van der Waals surface area (Å²) in [4.78, 5) is 12.3. The summed E-state index contributed by atoms with van der Waals surface area (Å²) in [6, 6.07) is 18.2. The van der Waals surface area contributed by atoms with Gasteiger partial charge < -0.3 is 26.0 Å². The minimum atomic E-state index is -0.779. The molecule has 0 saturated carbocycles. The predicted octanol–water partition coefficient (Wildman–Crippen LogP) is 5.08. The van der Waals surface area contributed by atoms with Gasteiger partial charge in [-0.05, 0) is 73.2 Å². The van der Waals surface area contributed by atoms with Gasteiger partial charge in [-0.25, -0.2) is 0 Å². The highest BCUT2D eigenvalue weighted by Crippen LogP contribution is 2.24. The van der Waals surface area contributed by atoms with Gasteiger partial charge in [0.2, 0.25) is 5.91 Å². The molecule has 0 unspecified atom stereocenters. The summed E-state index contributed by atoms with van der Waals surface area (Å²) in [5.41, 5.74) is 3.82. The van der Waals surface area contributed by atoms with Gasteiger partial charge in [0.05, 0.1) is 22.8 Å². The van der Waals surface area contributed by atoms with Crippen molar-refractivity contribution >= 4 is 29.1 Å². The summed E-state index contributed by atoms with van der Waals surface area (Å²) in [7, 11) is 0. The zero-order valence-corrected chi connectivity index (χ0v) is 22.6. The van der Waals surface area contributed by atoms with Crippen molar-refractivity contribution in [3.63, 3.8) is 0 Å². The largest absolute Gasteiger partial charge is 0.508 e. The van der Waals surface area contributed by atoms with Crippen molar-refractivity contribution in [2.24, 2.45) is 0 Å². The molecule has 0 aliphatic carbocycles. The predicted molar refractivity (Wildman–Crippen MR) is 148 cm³/mol. The third-order valence-corrected chi connectivity index (χ3v) is 6.92. The van der Waals surface area contributed by atoms with Gasteiger partial charge in [0.25, 0.3) is 0 Å². The number of aliphatic hydroxyl groups excluding tert-OH is 2. The molecular weight excluding hydrogens is 511 g/mol. The van der Waals surface area contributed by atoms with E-state index in [0.717, 1.165) is 23.1 Å². The summed E-state index contributed by atoms with van der Waals surface area (Å²) in [6.07, 6.45) is 0.955. The van der Waals surface area contributed by atoms with Crippen molar-refractivity contribution in [2.75, 3.05) is 6.54 Å². The lowest BCUT2D eigenvalue weighted by molar-refractivity contribution is -0.121. The third kappa shape index (κ3) is 9.02. The summed E-state index contributed by atoms with van der Waals surface area (Å²) < 4.78 is 0. The first-order chi connectivity index (χ1) is 17.6. The second-order valence-electron chi connectivity index (χ2n) is 9.85. The normalized spacial score (nSPS) is 12.4. The quantitative estimate of drug-likeness (QED) is 0.218. The fourth-order valence-electron chi connectivity index (χ4n) is 4.09. The smallest absolute Gasteiger partial charge is 0.220 e. The Morgan fingerprint density at radius 3 is 2.46 bits per heavy atom. The average Bonchev–Trinajstić information content (AvgIpc) is 2.87. The number of amides is 1. The zero-order chi connectivity index (χ0) is 27.0. The molecule has 0 bridgehead atoms. The van der Waals surface area contributed by atoms with Crippen LogP contribution in [0.25, 0.3) is 0 Å². The monoisotopic (exact) mass is 544 g/mol. The lowest BCUT2D eigenvalue weighted by Crippen LogP contribution is -2.43. The Morgan fingerprint density at radius 1 is 0.973 bits per heavy atom. The maximum absolute atomic E-state index is 12.3. The highest BCUT2D eigenvalue weighted by atomic mass is 35.5. The number of β-amino-alcohol motifs (C(OH)–C–C–N with tert-alkyl or cyclic N) is 1. The molecule has 3 aromatic rings. The number of aryl methyl sites for hydroxylation is 1. The van der Waals surface area contributed by atoms with E-state index >= 15 is 0 Å². The molecule has 3 rings (SSSR count). The molecule has 5 N–H and O–H groups in total. The lowest BCUT2D eigenvalue weighted by Gasteiger charge is -2.28. The number of rotatable bonds is 12. The first-order valence-corrected chi connectivity index (χ1v) is 13.0. The maximum Gasteiger partial charge on any atom is 0.220 e. The first kappa shape index (κ1) is 29.0. The van der Waals surface area contributed by atoms with Gasteiger partial charge in [0, 0.05) is 30.6 Å². The van der Waals surface area contributed by atoms with Crippen molar-refractivity contribution < 1.29 is 20.1 Å². The van der Waals surface area contributed by atoms with Gasteiger partial charge in [-0.3, -0.25) is 4.79 Å². The van der Waals surface area contributed by atoms with Gasteiger partial charge in [0.1, 0.15) is 5.75 Å². The van der Waals surface area contributed by atoms with E-state index in [1.54, 1.807) is 24.3 Å². The van der Waals surface area contributed by atoms with E-state index in [4.69, 9.17) is 23.2 Å². The molecule has 1 atom stereocenters. The molecule has 198 valence electrons. The molecule has 0 aromatic heterocycles. The Balaban J connectivity index is 1.48. The van der Waals surface area contributed by atoms with Crippen LogP contribution in [0, 0.1) is 0 Å². The Morgan fingerprint density at radius 2 is 1.73 bits per heavy atom. The molecule has 37 heavy (non-hydrogen) atoms. The number of carbonyl (C=O) groups excluding carboxylic acids is 1. The van der Waals surface area contributed by atoms with Crippen molar-refractivity contribution in [3.05, 3.63) is 98.5 Å². The van der Waals surface area contributed by atoms with E-state index < -0.39 is 6.10 Å². The summed E-state index contributed by atoms with van der Waals surface area (Å²) in [6.45, 7) is 4.56. The Labute approximate surface area is 228 Å². The molecule has 0 radical (unpaired) electrons. The average molecular weight is 546 g/mol. The van der Waals surface area contributed by atoms with E-state index in [1.807, 2.05) is 18.2 Å². The van der Waals surface area contributed by atoms with Gasteiger partial charge in [-0.1, -0.05) is 59.6 Å². The van der Waals surface area contributed by atoms with Crippen LogP contribution in [0.2, 0.25) is 10.0 Å². The number of phenols is 1. The van der Waals surface area contributed by atoms with E-state index in [9.17, 15) is 20.1 Å². The Kier molecular flexibility index (Phi) is 10.4. The van der Waals surface area contributed by atoms with Gasteiger partial charge >= 0.3 is 0 Å². The Hall–Kier alpha value is -2.61. The SMILES string of the molecule is CC(C)(Cc1cccc(CCC(=O)NCc2ccc(Cl)c(Cl)c2)c1)NC[C@H](O)c1ccc(O)c(CO)c1. The third-order valence-electron chi connectivity index (χ3n) is 6.18. The van der Waals surface area contributed by atoms with Crippen LogP contribution in [-0.4, -0.2) is 33.3 Å². The molecule has 1 amide bonds. The summed E-state index contributed by atoms with van der Waals surface area (Å²) in [5, 5.41) is 37.0. The topological polar surface area (TPSA) is 102 Å². The molecule has 0 fully saturated rings. The number of nitrogens with one attached hydrogen (secondary N) is 2. The second kappa shape index (κ2) is 13.3. The zero-order valence-electron chi connectivity index (χ0n) is 21.1. The van der Waals surface area contributed by atoms with Crippen molar-refractivity contribution in [1.82, 2.24) is 10.6 Å². The minimum absolute atomic E-state index is 0.00979. The molecule has 0 aliphatic rings. The highest BCUT2D eigenvalue weighted by molar-refractivity contribution is 6.42. The number of aromatic hydroxyl groups is 1. The summed E-state index contributed by atoms with van der Waals surface area (Å²) in [5.74, 6) is -0.0263. The van der Waals surface area contributed by atoms with Gasteiger partial charge in [0.15, 0.2) is 0 Å². The van der Waals surface area contributed by atoms with E-state index in [1.165, 1.54) is 6.07 Å². The number of halogens is 2. The molecule has 6 nitrogen and oxygen atoms in total. The van der Waals surface area contributed by atoms with Crippen LogP contribution >= 0.6 is 23.2 Å². The lowest BCUT2D eigenvalue weighted by atomic mass is 9.92. The van der Waals surface area contributed by atoms with E-state index in [2.05, 4.69) is 36.6 Å². The van der Waals surface area contributed by atoms with Crippen molar-refractivity contribution in [2.45, 2.75) is 57.9 Å². The van der Waals surface area contributed by atoms with Crippen LogP contribution in [0.3, 0.4) is 0 Å². The van der Waals surface area contributed by atoms with Crippen LogP contribution in [0.4, 0.5) is 0 Å². The number of benzene rings is 3. The molecular formula is C29H34Cl2N2O4. The van der Waals surface area contributed by atoms with Crippen molar-refractivity contribution in [1.29, 1.82) is 0 Å². The number of carbonyl (C=O) groups is 1. The maximum atomic E-state index is 12.3. The van der Waals surface area contributed by atoms with Crippen LogP contribution in [0.15, 0.2) is 60.7 Å². The molecule has 0 spiro atoms. The second-order valence-corrected chi connectivity index (χ2v) is 10.7. The number of aliphatic hydroxyl groups is 2.